The molecule has 43 heavy (non-hydrogen) atoms. The first-order valence-electron chi connectivity index (χ1n) is 15.4. The number of esters is 2. The Labute approximate surface area is 250 Å². The molecule has 10 heteroatoms. The van der Waals surface area contributed by atoms with Crippen LogP contribution in [0.3, 0.4) is 0 Å². The lowest BCUT2D eigenvalue weighted by atomic mass is 9.46. The Morgan fingerprint density at radius 3 is 2.37 bits per heavy atom. The minimum Gasteiger partial charge on any atom is -0.484 e. The maximum Gasteiger partial charge on any atom is 0.345 e. The number of aromatic nitrogens is 1. The second kappa shape index (κ2) is 11.0. The molecule has 7 rings (SSSR count). The molecule has 4 fully saturated rings. The van der Waals surface area contributed by atoms with E-state index in [2.05, 4.69) is 23.6 Å². The number of hydrogen-bond donors (Lipinski definition) is 2. The van der Waals surface area contributed by atoms with E-state index in [9.17, 15) is 24.6 Å². The van der Waals surface area contributed by atoms with Crippen LogP contribution in [0.2, 0.25) is 0 Å². The molecule has 10 nitrogen and oxygen atoms in total. The molecule has 0 aromatic carbocycles. The summed E-state index contributed by atoms with van der Waals surface area (Å²) in [6.45, 7) is 6.02. The van der Waals surface area contributed by atoms with Crippen molar-refractivity contribution in [1.29, 1.82) is 0 Å². The zero-order valence-corrected chi connectivity index (χ0v) is 25.2. The molecule has 3 heterocycles. The number of fused-ring (bicyclic) bond motifs is 4. The third-order valence-electron chi connectivity index (χ3n) is 10.6. The third kappa shape index (κ3) is 5.26. The lowest BCUT2D eigenvalue weighted by Gasteiger charge is -2.63. The van der Waals surface area contributed by atoms with Gasteiger partial charge in [0.25, 0.3) is 0 Å². The predicted octanol–water partition coefficient (Wildman–Crippen LogP) is 4.21. The molecule has 8 atom stereocenters. The van der Waals surface area contributed by atoms with Crippen LogP contribution in [0, 0.1) is 35.0 Å². The summed E-state index contributed by atoms with van der Waals surface area (Å²) >= 11 is 0. The minimum absolute atomic E-state index is 0.00335. The number of aliphatic hydroxyl groups excluding tert-OH is 2. The number of carbonyl (C=O) groups excluding carboxylic acids is 2. The van der Waals surface area contributed by atoms with Gasteiger partial charge in [0.05, 0.1) is 31.2 Å². The van der Waals surface area contributed by atoms with Gasteiger partial charge in [0.1, 0.15) is 28.8 Å². The zero-order valence-electron chi connectivity index (χ0n) is 25.2. The van der Waals surface area contributed by atoms with Crippen LogP contribution in [0.15, 0.2) is 39.8 Å². The molecular weight excluding hydrogens is 554 g/mol. The second-order valence-electron chi connectivity index (χ2n) is 13.4. The molecule has 4 aliphatic carbocycles. The first-order valence-corrected chi connectivity index (χ1v) is 15.4. The number of nitrogens with zero attached hydrogens (tertiary/aromatic N) is 1. The Hall–Kier alpha value is -3.24. The Kier molecular flexibility index (Phi) is 7.65. The zero-order chi connectivity index (χ0) is 30.7. The van der Waals surface area contributed by atoms with E-state index in [1.165, 1.54) is 7.11 Å². The van der Waals surface area contributed by atoms with Crippen molar-refractivity contribution in [3.63, 3.8) is 0 Å². The molecule has 232 valence electrons. The predicted molar refractivity (Wildman–Crippen MR) is 154 cm³/mol. The van der Waals surface area contributed by atoms with Gasteiger partial charge in [-0.3, -0.25) is 14.6 Å². The number of pyridine rings is 1. The van der Waals surface area contributed by atoms with Crippen molar-refractivity contribution >= 4 is 11.9 Å². The highest BCUT2D eigenvalue weighted by atomic mass is 16.5. The highest BCUT2D eigenvalue weighted by Gasteiger charge is 2.66. The van der Waals surface area contributed by atoms with Crippen molar-refractivity contribution in [2.75, 3.05) is 7.11 Å². The Bertz CT molecular complexity index is 1430. The number of rotatable bonds is 4. The van der Waals surface area contributed by atoms with Gasteiger partial charge in [-0.15, -0.1) is 0 Å². The fraction of sp³-hybridized carbons (Fsp3) is 0.636. The number of hydrogen-bond acceptors (Lipinski definition) is 10. The van der Waals surface area contributed by atoms with Crippen LogP contribution < -0.4 is 10.4 Å². The molecular formula is C33H41NO9. The highest BCUT2D eigenvalue weighted by Crippen LogP contribution is 2.64. The Morgan fingerprint density at radius 1 is 1.07 bits per heavy atom. The van der Waals surface area contributed by atoms with E-state index in [0.29, 0.717) is 30.6 Å². The summed E-state index contributed by atoms with van der Waals surface area (Å²) in [5.41, 5.74) is -1.49. The van der Waals surface area contributed by atoms with Crippen LogP contribution in [0.5, 0.6) is 5.75 Å². The number of methoxy groups -OCH3 is 1. The standard InChI is InChI=1S/C28H33NO7.C5H8O2/c1-14-17-11-21(30)28(3)24(27(17,2)9-8-18(14)34-25(32)15-6-7-15)23(31)22-20(36-28)12-19(35-26(22)33)16-5-4-10-29-13-16;1-7-5(6)4-2-3-4/h4-5,10,12-15,17-18,21,23-24,30-31H,6-9,11H2,1-3H3;4H,2-3H2,1H3. The summed E-state index contributed by atoms with van der Waals surface area (Å²) < 4.78 is 22.4. The first-order chi connectivity index (χ1) is 20.5. The van der Waals surface area contributed by atoms with Gasteiger partial charge in [-0.25, -0.2) is 4.79 Å². The van der Waals surface area contributed by atoms with Crippen LogP contribution in [-0.4, -0.2) is 52.1 Å². The first kappa shape index (κ1) is 29.8. The summed E-state index contributed by atoms with van der Waals surface area (Å²) in [7, 11) is 1.43. The van der Waals surface area contributed by atoms with Gasteiger partial charge in [-0.2, -0.15) is 0 Å². The largest absolute Gasteiger partial charge is 0.484 e. The lowest BCUT2D eigenvalue weighted by Crippen LogP contribution is -2.68. The summed E-state index contributed by atoms with van der Waals surface area (Å²) in [4.78, 5) is 40.0. The molecule has 2 N–H and O–H groups in total. The quantitative estimate of drug-likeness (QED) is 0.493. The average molecular weight is 596 g/mol. The molecule has 0 saturated heterocycles. The topological polar surface area (TPSA) is 145 Å². The van der Waals surface area contributed by atoms with Crippen molar-refractivity contribution in [1.82, 2.24) is 4.98 Å². The molecule has 0 bridgehead atoms. The van der Waals surface area contributed by atoms with E-state index < -0.39 is 34.8 Å². The van der Waals surface area contributed by atoms with Crippen LogP contribution in [0.4, 0.5) is 0 Å². The molecule has 2 aromatic heterocycles. The van der Waals surface area contributed by atoms with Crippen LogP contribution in [0.1, 0.15) is 77.4 Å². The van der Waals surface area contributed by atoms with E-state index in [0.717, 1.165) is 25.7 Å². The van der Waals surface area contributed by atoms with E-state index >= 15 is 0 Å². The third-order valence-corrected chi connectivity index (χ3v) is 10.6. The lowest BCUT2D eigenvalue weighted by molar-refractivity contribution is -0.244. The van der Waals surface area contributed by atoms with Gasteiger partial charge in [-0.1, -0.05) is 13.8 Å². The molecule has 0 amide bonds. The molecule has 4 saturated carbocycles. The van der Waals surface area contributed by atoms with Crippen LogP contribution in [-0.2, 0) is 19.1 Å². The van der Waals surface area contributed by atoms with Crippen molar-refractivity contribution < 1.29 is 38.4 Å². The molecule has 8 unspecified atom stereocenters. The van der Waals surface area contributed by atoms with Gasteiger partial charge < -0.3 is 28.8 Å². The Balaban J connectivity index is 0.000000415. The van der Waals surface area contributed by atoms with Gasteiger partial charge >= 0.3 is 17.6 Å². The normalized spacial score (nSPS) is 36.0. The fourth-order valence-corrected chi connectivity index (χ4v) is 7.88. The van der Waals surface area contributed by atoms with Crippen LogP contribution >= 0.6 is 0 Å². The minimum atomic E-state index is -1.17. The number of carbonyl (C=O) groups is 2. The monoisotopic (exact) mass is 595 g/mol. The van der Waals surface area contributed by atoms with Gasteiger partial charge in [-0.05, 0) is 81.3 Å². The van der Waals surface area contributed by atoms with Gasteiger partial charge in [0, 0.05) is 29.9 Å². The van der Waals surface area contributed by atoms with Crippen molar-refractivity contribution in [3.05, 3.63) is 46.6 Å². The molecule has 1 aliphatic heterocycles. The van der Waals surface area contributed by atoms with Crippen LogP contribution in [0.25, 0.3) is 11.3 Å². The van der Waals surface area contributed by atoms with E-state index in [1.807, 2.05) is 6.92 Å². The summed E-state index contributed by atoms with van der Waals surface area (Å²) in [6, 6.07) is 5.13. The van der Waals surface area contributed by atoms with E-state index in [1.54, 1.807) is 30.6 Å². The summed E-state index contributed by atoms with van der Waals surface area (Å²) in [5, 5.41) is 23.2. The maximum atomic E-state index is 13.2. The van der Waals surface area contributed by atoms with E-state index in [-0.39, 0.29) is 53.0 Å². The fourth-order valence-electron chi connectivity index (χ4n) is 7.88. The smallest absolute Gasteiger partial charge is 0.345 e. The van der Waals surface area contributed by atoms with E-state index in [4.69, 9.17) is 13.9 Å². The summed E-state index contributed by atoms with van der Waals surface area (Å²) in [5.74, 6) is 0.104. The Morgan fingerprint density at radius 2 is 1.77 bits per heavy atom. The van der Waals surface area contributed by atoms with Crippen molar-refractivity contribution in [2.24, 2.45) is 35.0 Å². The van der Waals surface area contributed by atoms with Gasteiger partial charge in [0.15, 0.2) is 0 Å². The average Bonchev–Trinajstić information content (AvgIpc) is 3.89. The molecule has 0 radical (unpaired) electrons. The molecule has 2 aromatic rings. The highest BCUT2D eigenvalue weighted by molar-refractivity contribution is 5.75. The van der Waals surface area contributed by atoms with Gasteiger partial charge in [0.2, 0.25) is 0 Å². The van der Waals surface area contributed by atoms with Crippen molar-refractivity contribution in [3.8, 4) is 17.1 Å². The number of ether oxygens (including phenoxy) is 3. The number of aliphatic hydroxyl groups is 2. The SMILES string of the molecule is CC1C(OC(=O)C2CC2)CCC2(C)C1CC(O)C1(C)Oc3cc(-c4cccnc4)oc(=O)c3C(O)C21.COC(=O)C1CC1. The maximum absolute atomic E-state index is 13.2. The molecule has 5 aliphatic rings. The second-order valence-corrected chi connectivity index (χ2v) is 13.4. The molecule has 0 spiro atoms. The summed E-state index contributed by atoms with van der Waals surface area (Å²) in [6.07, 6.45) is 6.64. The van der Waals surface area contributed by atoms with Crippen molar-refractivity contribution in [2.45, 2.75) is 89.6 Å².